The second-order valence-electron chi connectivity index (χ2n) is 6.28. The molecule has 0 atom stereocenters. The second kappa shape index (κ2) is 6.20. The van der Waals surface area contributed by atoms with Crippen LogP contribution in [-0.2, 0) is 11.9 Å². The van der Waals surface area contributed by atoms with Crippen molar-refractivity contribution in [1.29, 1.82) is 0 Å². The van der Waals surface area contributed by atoms with Gasteiger partial charge in [-0.05, 0) is 30.5 Å². The monoisotopic (exact) mass is 329 g/mol. The van der Waals surface area contributed by atoms with Gasteiger partial charge in [-0.25, -0.2) is 0 Å². The van der Waals surface area contributed by atoms with Gasteiger partial charge in [-0.15, -0.1) is 5.06 Å². The van der Waals surface area contributed by atoms with Crippen molar-refractivity contribution in [3.8, 4) is 11.5 Å². The number of aromatic hydroxyl groups is 2. The van der Waals surface area contributed by atoms with Crippen LogP contribution in [0.5, 0.6) is 11.5 Å². The van der Waals surface area contributed by atoms with E-state index in [2.05, 4.69) is 5.10 Å². The number of hydroxylamine groups is 2. The summed E-state index contributed by atoms with van der Waals surface area (Å²) in [5.74, 6) is 0.845. The molecule has 0 aliphatic carbocycles. The van der Waals surface area contributed by atoms with Gasteiger partial charge in [-0.2, -0.15) is 5.10 Å². The number of aryl methyl sites for hydroxylation is 1. The molecule has 0 unspecified atom stereocenters. The molecule has 24 heavy (non-hydrogen) atoms. The fraction of sp³-hybridized carbons (Fsp3) is 0.389. The lowest BCUT2D eigenvalue weighted by atomic mass is 9.96. The van der Waals surface area contributed by atoms with Crippen LogP contribution in [0.25, 0.3) is 11.3 Å². The first kappa shape index (κ1) is 16.4. The molecule has 6 nitrogen and oxygen atoms in total. The van der Waals surface area contributed by atoms with Crippen molar-refractivity contribution in [2.24, 2.45) is 7.05 Å². The normalized spacial score (nSPS) is 15.4. The number of benzene rings is 1. The summed E-state index contributed by atoms with van der Waals surface area (Å²) in [6.45, 7) is 7.35. The summed E-state index contributed by atoms with van der Waals surface area (Å²) >= 11 is 0. The standard InChI is InChI=1S/C18H23N3O3/c1-5-21-10-14(15-6-7-19-20(15)4)18(24-21)13-8-12(11(2)3)16(22)9-17(13)23/h6-9,11,22-23H,5,10H2,1-4H3. The van der Waals surface area contributed by atoms with Crippen LogP contribution >= 0.6 is 0 Å². The molecule has 0 amide bonds. The zero-order chi connectivity index (χ0) is 17.4. The number of likely N-dealkylation sites (N-methyl/N-ethyl adjacent to an activating group) is 1. The van der Waals surface area contributed by atoms with Gasteiger partial charge in [0.05, 0.1) is 17.8 Å². The van der Waals surface area contributed by atoms with E-state index in [1.165, 1.54) is 6.07 Å². The molecular formula is C18H23N3O3. The number of nitrogens with zero attached hydrogens (tertiary/aromatic N) is 3. The maximum atomic E-state index is 10.4. The van der Waals surface area contributed by atoms with E-state index in [4.69, 9.17) is 4.84 Å². The molecule has 1 aromatic heterocycles. The third-order valence-electron chi connectivity index (χ3n) is 4.32. The maximum Gasteiger partial charge on any atom is 0.165 e. The lowest BCUT2D eigenvalue weighted by Gasteiger charge is -2.16. The SMILES string of the molecule is CCN1CC(c2ccnn2C)=C(c2cc(C(C)C)c(O)cc2O)O1. The van der Waals surface area contributed by atoms with Crippen molar-refractivity contribution in [2.75, 3.05) is 13.1 Å². The molecule has 2 heterocycles. The van der Waals surface area contributed by atoms with E-state index >= 15 is 0 Å². The summed E-state index contributed by atoms with van der Waals surface area (Å²) in [5, 5.41) is 26.5. The molecule has 6 heteroatoms. The van der Waals surface area contributed by atoms with Crippen LogP contribution in [0.1, 0.15) is 43.5 Å². The lowest BCUT2D eigenvalue weighted by molar-refractivity contribution is -0.0556. The molecule has 0 radical (unpaired) electrons. The molecule has 0 saturated carbocycles. The summed E-state index contributed by atoms with van der Waals surface area (Å²) in [6.07, 6.45) is 1.74. The quantitative estimate of drug-likeness (QED) is 0.902. The number of phenolic OH excluding ortho intramolecular Hbond substituents is 2. The molecular weight excluding hydrogens is 306 g/mol. The Balaban J connectivity index is 2.17. The molecule has 0 fully saturated rings. The predicted octanol–water partition coefficient (Wildman–Crippen LogP) is 3.09. The van der Waals surface area contributed by atoms with E-state index in [0.29, 0.717) is 17.9 Å². The minimum atomic E-state index is 0.00419. The highest BCUT2D eigenvalue weighted by Crippen LogP contribution is 2.41. The van der Waals surface area contributed by atoms with Crippen molar-refractivity contribution in [2.45, 2.75) is 26.7 Å². The Morgan fingerprint density at radius 2 is 2.00 bits per heavy atom. The van der Waals surface area contributed by atoms with Crippen LogP contribution in [-0.4, -0.2) is 38.1 Å². The smallest absolute Gasteiger partial charge is 0.165 e. The third-order valence-corrected chi connectivity index (χ3v) is 4.32. The number of hydrogen-bond donors (Lipinski definition) is 2. The molecule has 3 rings (SSSR count). The first-order valence-electron chi connectivity index (χ1n) is 8.13. The average Bonchev–Trinajstić information content (AvgIpc) is 3.12. The van der Waals surface area contributed by atoms with Crippen molar-refractivity contribution in [1.82, 2.24) is 14.8 Å². The summed E-state index contributed by atoms with van der Waals surface area (Å²) in [4.78, 5) is 5.97. The minimum absolute atomic E-state index is 0.00419. The van der Waals surface area contributed by atoms with Gasteiger partial charge in [0, 0.05) is 31.4 Å². The highest BCUT2D eigenvalue weighted by Gasteiger charge is 2.29. The Bertz CT molecular complexity index is 793. The average molecular weight is 329 g/mol. The van der Waals surface area contributed by atoms with E-state index < -0.39 is 0 Å². The molecule has 2 aromatic rings. The number of phenols is 2. The Morgan fingerprint density at radius 1 is 1.25 bits per heavy atom. The number of rotatable bonds is 4. The predicted molar refractivity (Wildman–Crippen MR) is 92.2 cm³/mol. The molecule has 0 spiro atoms. The maximum absolute atomic E-state index is 10.4. The molecule has 2 N–H and O–H groups in total. The molecule has 1 aliphatic rings. The molecule has 1 aliphatic heterocycles. The van der Waals surface area contributed by atoms with Crippen molar-refractivity contribution in [3.05, 3.63) is 41.2 Å². The van der Waals surface area contributed by atoms with Gasteiger partial charge < -0.3 is 15.1 Å². The van der Waals surface area contributed by atoms with Gasteiger partial charge in [0.25, 0.3) is 0 Å². The van der Waals surface area contributed by atoms with E-state index in [0.717, 1.165) is 23.4 Å². The van der Waals surface area contributed by atoms with Gasteiger partial charge in [-0.1, -0.05) is 13.8 Å². The zero-order valence-electron chi connectivity index (χ0n) is 14.4. The van der Waals surface area contributed by atoms with E-state index in [9.17, 15) is 10.2 Å². The Hall–Kier alpha value is -2.47. The Kier molecular flexibility index (Phi) is 4.24. The fourth-order valence-corrected chi connectivity index (χ4v) is 2.96. The Labute approximate surface area is 141 Å². The first-order chi connectivity index (χ1) is 11.4. The molecule has 0 saturated heterocycles. The van der Waals surface area contributed by atoms with Gasteiger partial charge in [0.1, 0.15) is 11.5 Å². The summed E-state index contributed by atoms with van der Waals surface area (Å²) in [7, 11) is 1.88. The topological polar surface area (TPSA) is 70.8 Å². The molecule has 1 aromatic carbocycles. The molecule has 0 bridgehead atoms. The summed E-state index contributed by atoms with van der Waals surface area (Å²) < 4.78 is 1.79. The lowest BCUT2D eigenvalue weighted by Crippen LogP contribution is -2.18. The third kappa shape index (κ3) is 2.73. The zero-order valence-corrected chi connectivity index (χ0v) is 14.4. The van der Waals surface area contributed by atoms with E-state index in [-0.39, 0.29) is 17.4 Å². The molecule has 128 valence electrons. The largest absolute Gasteiger partial charge is 0.508 e. The second-order valence-corrected chi connectivity index (χ2v) is 6.28. The Morgan fingerprint density at radius 3 is 2.58 bits per heavy atom. The summed E-state index contributed by atoms with van der Waals surface area (Å²) in [6, 6.07) is 5.12. The summed E-state index contributed by atoms with van der Waals surface area (Å²) in [5.41, 5.74) is 3.27. The van der Waals surface area contributed by atoms with Crippen LogP contribution in [0.3, 0.4) is 0 Å². The van der Waals surface area contributed by atoms with E-state index in [1.54, 1.807) is 16.9 Å². The van der Waals surface area contributed by atoms with E-state index in [1.807, 2.05) is 38.9 Å². The van der Waals surface area contributed by atoms with Crippen LogP contribution < -0.4 is 0 Å². The first-order valence-corrected chi connectivity index (χ1v) is 8.13. The highest BCUT2D eigenvalue weighted by atomic mass is 16.7. The number of hydrogen-bond acceptors (Lipinski definition) is 5. The van der Waals surface area contributed by atoms with Crippen molar-refractivity contribution in [3.63, 3.8) is 0 Å². The van der Waals surface area contributed by atoms with Crippen molar-refractivity contribution < 1.29 is 15.1 Å². The van der Waals surface area contributed by atoms with Crippen LogP contribution in [0, 0.1) is 0 Å². The highest BCUT2D eigenvalue weighted by molar-refractivity contribution is 5.90. The number of aromatic nitrogens is 2. The van der Waals surface area contributed by atoms with Crippen LogP contribution in [0.15, 0.2) is 24.4 Å². The van der Waals surface area contributed by atoms with Crippen LogP contribution in [0.4, 0.5) is 0 Å². The van der Waals surface area contributed by atoms with Gasteiger partial charge >= 0.3 is 0 Å². The van der Waals surface area contributed by atoms with Crippen LogP contribution in [0.2, 0.25) is 0 Å². The van der Waals surface area contributed by atoms with Gasteiger partial charge in [-0.3, -0.25) is 4.68 Å². The van der Waals surface area contributed by atoms with Gasteiger partial charge in [0.15, 0.2) is 5.76 Å². The minimum Gasteiger partial charge on any atom is -0.508 e. The van der Waals surface area contributed by atoms with Crippen molar-refractivity contribution >= 4 is 11.3 Å². The van der Waals surface area contributed by atoms with Gasteiger partial charge in [0.2, 0.25) is 0 Å². The fourth-order valence-electron chi connectivity index (χ4n) is 2.96.